The quantitative estimate of drug-likeness (QED) is 0.328. The summed E-state index contributed by atoms with van der Waals surface area (Å²) in [6.45, 7) is 11.6. The zero-order chi connectivity index (χ0) is 26.3. The van der Waals surface area contributed by atoms with Crippen molar-refractivity contribution in [2.75, 3.05) is 6.54 Å². The molecule has 0 saturated carbocycles. The third-order valence-electron chi connectivity index (χ3n) is 9.87. The first kappa shape index (κ1) is 26.6. The van der Waals surface area contributed by atoms with Crippen LogP contribution < -0.4 is 0 Å². The molecule has 5 heteroatoms. The molecule has 1 spiro atoms. The molecule has 5 nitrogen and oxygen atoms in total. The summed E-state index contributed by atoms with van der Waals surface area (Å²) in [4.78, 5) is 17.4. The second kappa shape index (κ2) is 10.6. The van der Waals surface area contributed by atoms with E-state index in [1.54, 1.807) is 0 Å². The van der Waals surface area contributed by atoms with E-state index in [0.29, 0.717) is 17.9 Å². The van der Waals surface area contributed by atoms with Crippen LogP contribution in [0.3, 0.4) is 0 Å². The van der Waals surface area contributed by atoms with Gasteiger partial charge < -0.3 is 14.6 Å². The number of nitrogens with zero attached hydrogens (tertiary/aromatic N) is 1. The Morgan fingerprint density at radius 2 is 1.86 bits per heavy atom. The molecule has 1 fully saturated rings. The minimum Gasteiger partial charge on any atom is -0.450 e. The van der Waals surface area contributed by atoms with E-state index in [9.17, 15) is 9.90 Å². The fourth-order valence-electron chi connectivity index (χ4n) is 7.70. The first-order valence-electron chi connectivity index (χ1n) is 14.5. The molecule has 1 saturated heterocycles. The van der Waals surface area contributed by atoms with Crippen LogP contribution in [0.4, 0.5) is 0 Å². The van der Waals surface area contributed by atoms with Gasteiger partial charge in [0.2, 0.25) is 0 Å². The number of allylic oxidation sites excluding steroid dienone is 3. The lowest BCUT2D eigenvalue weighted by atomic mass is 9.57. The Hall–Kier alpha value is -1.98. The first-order chi connectivity index (χ1) is 17.7. The number of cyclic esters (lactones) is 1. The Labute approximate surface area is 222 Å². The van der Waals surface area contributed by atoms with Crippen LogP contribution in [0, 0.1) is 17.3 Å². The number of fused-ring (bicyclic) bond motifs is 2. The number of aliphatic imine (C=N–C) groups is 1. The summed E-state index contributed by atoms with van der Waals surface area (Å²) < 4.78 is 12.2. The predicted octanol–water partition coefficient (Wildman–Crippen LogP) is 6.43. The molecule has 5 aliphatic rings. The zero-order valence-electron chi connectivity index (χ0n) is 23.4. The van der Waals surface area contributed by atoms with Gasteiger partial charge in [0, 0.05) is 29.2 Å². The third-order valence-corrected chi connectivity index (χ3v) is 9.87. The van der Waals surface area contributed by atoms with Gasteiger partial charge in [0.1, 0.15) is 6.10 Å². The lowest BCUT2D eigenvalue weighted by Crippen LogP contribution is -2.44. The van der Waals surface area contributed by atoms with E-state index < -0.39 is 6.10 Å². The fraction of sp³-hybridized carbons (Fsp3) is 0.688. The summed E-state index contributed by atoms with van der Waals surface area (Å²) in [6, 6.07) is 0. The van der Waals surface area contributed by atoms with E-state index in [1.807, 2.05) is 13.0 Å². The average Bonchev–Trinajstić information content (AvgIpc) is 3.41. The molecule has 1 N–H and O–H groups in total. The highest BCUT2D eigenvalue weighted by Gasteiger charge is 2.48. The highest BCUT2D eigenvalue weighted by Crippen LogP contribution is 2.53. The summed E-state index contributed by atoms with van der Waals surface area (Å²) in [5, 5.41) is 11.2. The van der Waals surface area contributed by atoms with Gasteiger partial charge in [-0.2, -0.15) is 0 Å². The van der Waals surface area contributed by atoms with Gasteiger partial charge in [0.05, 0.1) is 18.3 Å². The van der Waals surface area contributed by atoms with E-state index in [-0.39, 0.29) is 35.6 Å². The van der Waals surface area contributed by atoms with Crippen molar-refractivity contribution in [3.05, 3.63) is 46.1 Å². The van der Waals surface area contributed by atoms with E-state index in [1.165, 1.54) is 22.4 Å². The molecule has 0 amide bonds. The van der Waals surface area contributed by atoms with Crippen molar-refractivity contribution in [3.63, 3.8) is 0 Å². The van der Waals surface area contributed by atoms with Crippen LogP contribution in [0.2, 0.25) is 0 Å². The van der Waals surface area contributed by atoms with Crippen molar-refractivity contribution >= 4 is 11.7 Å². The van der Waals surface area contributed by atoms with Gasteiger partial charge in [0.15, 0.2) is 0 Å². The molecule has 7 atom stereocenters. The van der Waals surface area contributed by atoms with Gasteiger partial charge in [-0.15, -0.1) is 0 Å². The fourth-order valence-corrected chi connectivity index (χ4v) is 7.70. The molecule has 37 heavy (non-hydrogen) atoms. The molecular weight excluding hydrogens is 462 g/mol. The van der Waals surface area contributed by atoms with Crippen LogP contribution in [0.25, 0.3) is 0 Å². The van der Waals surface area contributed by atoms with Gasteiger partial charge in [-0.25, -0.2) is 4.79 Å². The number of ether oxygens (including phenoxy) is 2. The topological polar surface area (TPSA) is 68.1 Å². The van der Waals surface area contributed by atoms with Crippen LogP contribution in [-0.4, -0.2) is 47.7 Å². The zero-order valence-corrected chi connectivity index (χ0v) is 23.4. The maximum absolute atomic E-state index is 12.2. The number of aliphatic hydroxyl groups excluding tert-OH is 1. The van der Waals surface area contributed by atoms with Crippen molar-refractivity contribution < 1.29 is 19.4 Å². The molecule has 0 aromatic rings. The molecule has 0 aromatic heterocycles. The Bertz CT molecular complexity index is 1080. The lowest BCUT2D eigenvalue weighted by Gasteiger charge is -2.48. The molecule has 4 aliphatic heterocycles. The largest absolute Gasteiger partial charge is 0.450 e. The molecule has 0 aromatic carbocycles. The predicted molar refractivity (Wildman–Crippen MR) is 147 cm³/mol. The monoisotopic (exact) mass is 507 g/mol. The number of aliphatic hydroxyl groups is 1. The lowest BCUT2D eigenvalue weighted by molar-refractivity contribution is -0.138. The molecule has 4 heterocycles. The average molecular weight is 508 g/mol. The maximum atomic E-state index is 12.2. The van der Waals surface area contributed by atoms with Crippen molar-refractivity contribution in [1.29, 1.82) is 0 Å². The van der Waals surface area contributed by atoms with Crippen LogP contribution >= 0.6 is 0 Å². The summed E-state index contributed by atoms with van der Waals surface area (Å²) in [5.74, 6) is 0.459. The Balaban J connectivity index is 1.55. The molecule has 1 aliphatic carbocycles. The van der Waals surface area contributed by atoms with Gasteiger partial charge in [0.25, 0.3) is 0 Å². The molecule has 0 unspecified atom stereocenters. The van der Waals surface area contributed by atoms with Crippen molar-refractivity contribution in [1.82, 2.24) is 0 Å². The molecule has 0 radical (unpaired) electrons. The van der Waals surface area contributed by atoms with E-state index >= 15 is 0 Å². The van der Waals surface area contributed by atoms with Crippen molar-refractivity contribution in [2.24, 2.45) is 22.2 Å². The highest BCUT2D eigenvalue weighted by molar-refractivity contribution is 5.93. The van der Waals surface area contributed by atoms with Crippen molar-refractivity contribution in [2.45, 2.75) is 117 Å². The standard InChI is InChI=1S/C32H45NO4/c1-19-8-6-9-29-32(13-7-15-33-29)14-12-25(28-18-22(4)31(35)37-28)23(5)26(32)17-20(2)27(34)11-10-24-16-21(3)30(19)36-24/h8,17-18,21,24,26-28,30,34H,6-7,9-16H2,1-5H3/t21-,24+,26+,27+,28+,30-,32+/m1/s1. The number of rotatable bonds is 1. The van der Waals surface area contributed by atoms with Crippen LogP contribution in [0.1, 0.15) is 92.4 Å². The summed E-state index contributed by atoms with van der Waals surface area (Å²) in [7, 11) is 0. The number of hydrogen-bond donors (Lipinski definition) is 1. The van der Waals surface area contributed by atoms with E-state index in [2.05, 4.69) is 39.8 Å². The number of carbonyl (C=O) groups excluding carboxylic acids is 1. The van der Waals surface area contributed by atoms with Gasteiger partial charge in [-0.3, -0.25) is 4.99 Å². The number of carbonyl (C=O) groups is 1. The van der Waals surface area contributed by atoms with E-state index in [0.717, 1.165) is 63.5 Å². The summed E-state index contributed by atoms with van der Waals surface area (Å²) in [5.41, 5.74) is 6.92. The maximum Gasteiger partial charge on any atom is 0.334 e. The minimum atomic E-state index is -0.481. The molecule has 2 bridgehead atoms. The van der Waals surface area contributed by atoms with Crippen molar-refractivity contribution in [3.8, 4) is 0 Å². The van der Waals surface area contributed by atoms with Gasteiger partial charge >= 0.3 is 5.97 Å². The molecular formula is C32H45NO4. The Morgan fingerprint density at radius 3 is 2.62 bits per heavy atom. The number of esters is 1. The van der Waals surface area contributed by atoms with Crippen LogP contribution in [-0.2, 0) is 14.3 Å². The van der Waals surface area contributed by atoms with Crippen LogP contribution in [0.15, 0.2) is 51.1 Å². The number of hydrogen-bond acceptors (Lipinski definition) is 5. The summed E-state index contributed by atoms with van der Waals surface area (Å²) in [6.07, 6.45) is 15.1. The molecule has 5 rings (SSSR count). The smallest absolute Gasteiger partial charge is 0.334 e. The van der Waals surface area contributed by atoms with Gasteiger partial charge in [-0.05, 0) is 114 Å². The third kappa shape index (κ3) is 5.06. The van der Waals surface area contributed by atoms with E-state index in [4.69, 9.17) is 14.5 Å². The normalized spacial score (nSPS) is 39.4. The SMILES string of the molecule is CC1=C[C@@H](C2=C(C)[C@@H]3C=C(C)[C@@H](O)CC[C@H]4C[C@@H](C)[C@H](O4)C(C)=CCCC4=NCCC[C@@]43CC2)OC1=O. The minimum absolute atomic E-state index is 0.0289. The first-order valence-corrected chi connectivity index (χ1v) is 14.5. The Morgan fingerprint density at radius 1 is 1.05 bits per heavy atom. The molecule has 202 valence electrons. The summed E-state index contributed by atoms with van der Waals surface area (Å²) >= 11 is 0. The second-order valence-corrected chi connectivity index (χ2v) is 12.3. The van der Waals surface area contributed by atoms with Crippen LogP contribution in [0.5, 0.6) is 0 Å². The second-order valence-electron chi connectivity index (χ2n) is 12.3. The van der Waals surface area contributed by atoms with Gasteiger partial charge in [-0.1, -0.05) is 24.6 Å². The highest BCUT2D eigenvalue weighted by atomic mass is 16.5. The Kier molecular flexibility index (Phi) is 7.66.